The monoisotopic (exact) mass is 1640 g/mol. The fraction of sp³-hybridized carbons (Fsp3) is 0.260. The van der Waals surface area contributed by atoms with Crippen molar-refractivity contribution in [3.8, 4) is 46.0 Å². The van der Waals surface area contributed by atoms with Gasteiger partial charge in [0.25, 0.3) is 23.6 Å². The van der Waals surface area contributed by atoms with E-state index < -0.39 is 71.4 Å². The molecule has 22 heteroatoms. The number of nitrogens with zero attached hydrogens (tertiary/aromatic N) is 4. The molecule has 4 heterocycles. The average molecular weight is 1640 g/mol. The van der Waals surface area contributed by atoms with Gasteiger partial charge in [-0.1, -0.05) is 136 Å². The Morgan fingerprint density at radius 1 is 0.303 bits per heavy atom. The molecule has 2 saturated heterocycles. The van der Waals surface area contributed by atoms with Crippen LogP contribution in [-0.4, -0.2) is 144 Å². The molecule has 0 spiro atoms. The Kier molecular flexibility index (Phi) is 24.7. The van der Waals surface area contributed by atoms with E-state index in [1.807, 2.05) is 60.7 Å². The van der Waals surface area contributed by atoms with E-state index in [0.717, 1.165) is 44.9 Å². The molecular formula is C100H92N4O18. The molecule has 122 heavy (non-hydrogen) atoms. The second kappa shape index (κ2) is 36.3. The minimum Gasteiger partial charge on any atom is -0.462 e. The molecule has 0 aromatic heterocycles. The van der Waals surface area contributed by atoms with Gasteiger partial charge in [-0.2, -0.15) is 0 Å². The molecular weight excluding hydrogens is 1550 g/mol. The van der Waals surface area contributed by atoms with E-state index in [2.05, 4.69) is 26.3 Å². The average Bonchev–Trinajstić information content (AvgIpc) is 0.669. The van der Waals surface area contributed by atoms with Gasteiger partial charge in [0, 0.05) is 130 Å². The van der Waals surface area contributed by atoms with Gasteiger partial charge in [0.2, 0.25) is 11.8 Å². The number of carbonyl (C=O) groups is 10. The lowest BCUT2D eigenvalue weighted by Crippen LogP contribution is -2.56. The highest BCUT2D eigenvalue weighted by Crippen LogP contribution is 2.58. The Labute approximate surface area is 705 Å². The van der Waals surface area contributed by atoms with Crippen molar-refractivity contribution in [2.75, 3.05) is 52.6 Å². The summed E-state index contributed by atoms with van der Waals surface area (Å²) >= 11 is 0. The minimum atomic E-state index is -1.39. The summed E-state index contributed by atoms with van der Waals surface area (Å²) in [4.78, 5) is 155. The molecule has 0 N–H and O–H groups in total. The normalized spacial score (nSPS) is 14.3. The van der Waals surface area contributed by atoms with Gasteiger partial charge < -0.3 is 47.7 Å². The van der Waals surface area contributed by atoms with Crippen molar-refractivity contribution in [2.24, 2.45) is 0 Å². The highest BCUT2D eigenvalue weighted by atomic mass is 16.5. The number of fused-ring (bicyclic) bond motifs is 2. The van der Waals surface area contributed by atoms with Gasteiger partial charge in [-0.3, -0.25) is 38.6 Å². The minimum absolute atomic E-state index is 0.0192. The number of hydrogen-bond donors (Lipinski definition) is 0. The lowest BCUT2D eigenvalue weighted by Gasteiger charge is -2.38. The van der Waals surface area contributed by atoms with E-state index in [0.29, 0.717) is 88.7 Å². The molecule has 2 fully saturated rings. The summed E-state index contributed by atoms with van der Waals surface area (Å²) in [5.41, 5.74) is 5.08. The number of esters is 4. The third kappa shape index (κ3) is 17.5. The number of hydrogen-bond acceptors (Lipinski definition) is 18. The number of likely N-dealkylation sites (tertiary alicyclic amines) is 2. The lowest BCUT2D eigenvalue weighted by molar-refractivity contribution is -0.139. The van der Waals surface area contributed by atoms with E-state index in [1.54, 1.807) is 159 Å². The maximum Gasteiger partial charge on any atom is 0.333 e. The molecule has 2 atom stereocenters. The highest BCUT2D eigenvalue weighted by molar-refractivity contribution is 6.45. The number of piperidine rings is 2. The number of rotatable bonds is 32. The topological polar surface area (TPSA) is 258 Å². The first-order valence-corrected chi connectivity index (χ1v) is 41.1. The molecule has 0 aliphatic carbocycles. The Morgan fingerprint density at radius 2 is 0.541 bits per heavy atom. The van der Waals surface area contributed by atoms with E-state index in [1.165, 1.54) is 0 Å². The van der Waals surface area contributed by atoms with Gasteiger partial charge in [0.15, 0.2) is 0 Å². The van der Waals surface area contributed by atoms with Crippen LogP contribution < -0.4 is 18.9 Å². The van der Waals surface area contributed by atoms with Crippen LogP contribution in [0.15, 0.2) is 231 Å². The number of imide groups is 2. The van der Waals surface area contributed by atoms with Crippen LogP contribution in [0, 0.1) is 0 Å². The quantitative estimate of drug-likeness (QED) is 0.00947. The molecule has 22 nitrogen and oxygen atoms in total. The predicted molar refractivity (Wildman–Crippen MR) is 461 cm³/mol. The summed E-state index contributed by atoms with van der Waals surface area (Å²) < 4.78 is 51.6. The number of ether oxygens (including phenoxy) is 8. The van der Waals surface area contributed by atoms with Gasteiger partial charge in [-0.05, 0) is 172 Å². The van der Waals surface area contributed by atoms with Crippen LogP contribution in [0.5, 0.6) is 46.0 Å². The smallest absolute Gasteiger partial charge is 0.333 e. The van der Waals surface area contributed by atoms with Crippen LogP contribution >= 0.6 is 0 Å². The van der Waals surface area contributed by atoms with Crippen molar-refractivity contribution >= 4 is 102 Å². The standard InChI is InChI=1S/C100H92N4O18/c1-59(2)97(111)115-49-41-63-25-33-69(34-26-63)119-79-55-73-83-74(92(106)103(91(73)105)77(53-67-21-13-9-14-22-67)95(109)101-45-17-11-18-46-101)57-81(121-71-37-29-65(30-38-71)43-51-117-99(113)61(5)6)87-88-82(122-72-39-31-66(32-40-72)44-52-118-100(114)62(7)8)58-76-84-75(93(107)104(94(76)108)78(54-68-23-15-10-16-24-68)96(110)102-47-19-12-20-48-102)56-80(86(90(84)88)85(79)89(83)87)120-70-35-27-64(28-36-70)42-50-116-98(112)60(3)4/h9-10,13-16,21-40,55-58,77-78H,1,3,5,7,11-12,17-20,41-54H2,2,4,6,8H3. The van der Waals surface area contributed by atoms with Crippen molar-refractivity contribution in [1.82, 2.24) is 19.6 Å². The molecule has 2 unspecified atom stereocenters. The zero-order chi connectivity index (χ0) is 85.6. The van der Waals surface area contributed by atoms with Crippen molar-refractivity contribution in [1.29, 1.82) is 0 Å². The van der Waals surface area contributed by atoms with Crippen LogP contribution in [0.3, 0.4) is 0 Å². The van der Waals surface area contributed by atoms with Crippen LogP contribution in [0.4, 0.5) is 0 Å². The second-order valence-electron chi connectivity index (χ2n) is 31.5. The van der Waals surface area contributed by atoms with Gasteiger partial charge in [0.1, 0.15) is 58.1 Å². The molecule has 0 saturated carbocycles. The van der Waals surface area contributed by atoms with E-state index in [-0.39, 0.29) is 173 Å². The summed E-state index contributed by atoms with van der Waals surface area (Å²) in [5, 5.41) is 1.26. The van der Waals surface area contributed by atoms with Gasteiger partial charge in [0.05, 0.1) is 48.7 Å². The van der Waals surface area contributed by atoms with E-state index >= 15 is 28.8 Å². The molecule has 620 valence electrons. The molecule has 15 rings (SSSR count). The summed E-state index contributed by atoms with van der Waals surface area (Å²) in [6.45, 7) is 22.8. The predicted octanol–water partition coefficient (Wildman–Crippen LogP) is 18.0. The van der Waals surface area contributed by atoms with E-state index in [9.17, 15) is 19.2 Å². The Morgan fingerprint density at radius 3 is 0.770 bits per heavy atom. The van der Waals surface area contributed by atoms with Crippen molar-refractivity contribution < 1.29 is 85.8 Å². The molecule has 11 aromatic carbocycles. The zero-order valence-electron chi connectivity index (χ0n) is 68.6. The van der Waals surface area contributed by atoms with Gasteiger partial charge >= 0.3 is 23.9 Å². The first-order chi connectivity index (χ1) is 59.0. The molecule has 4 aliphatic rings. The first-order valence-electron chi connectivity index (χ1n) is 41.1. The SMILES string of the molecule is C=C(C)C(=O)OCCc1ccc(Oc2cc3c4c(cc(Oc5ccc(CCOC(=O)C(=C)C)cc5)c5c6c(Oc7ccc(CCOC(=O)C(=C)C)cc7)cc7c8c(cc(Oc9ccc(CCOC(=O)C(=C)C)cc9)c(c2c45)c86)C(=O)N(C(Cc2ccccc2)C(=O)N2CCCCC2)C7=O)C(=O)N(C(Cc2ccccc2)C(=O)N2CCCCC2)C3=O)cc1. The summed E-state index contributed by atoms with van der Waals surface area (Å²) in [6, 6.07) is 49.8. The van der Waals surface area contributed by atoms with Gasteiger partial charge in [-0.25, -0.2) is 19.2 Å². The second-order valence-corrected chi connectivity index (χ2v) is 31.5. The molecule has 11 aromatic rings. The molecule has 4 aliphatic heterocycles. The number of carbonyl (C=O) groups excluding carboxylic acids is 10. The first kappa shape index (κ1) is 83.1. The van der Waals surface area contributed by atoms with E-state index in [4.69, 9.17) is 37.9 Å². The fourth-order valence-electron chi connectivity index (χ4n) is 16.3. The van der Waals surface area contributed by atoms with Crippen molar-refractivity contribution in [3.05, 3.63) is 286 Å². The number of benzene rings is 11. The third-order valence-electron chi connectivity index (χ3n) is 22.5. The summed E-state index contributed by atoms with van der Waals surface area (Å²) in [6.07, 6.45) is 5.66. The fourth-order valence-corrected chi connectivity index (χ4v) is 16.3. The van der Waals surface area contributed by atoms with Gasteiger partial charge in [-0.15, -0.1) is 0 Å². The summed E-state index contributed by atoms with van der Waals surface area (Å²) in [5.74, 6) is -5.55. The maximum absolute atomic E-state index is 16.8. The van der Waals surface area contributed by atoms with Crippen LogP contribution in [0.2, 0.25) is 0 Å². The molecule has 6 amide bonds. The molecule has 0 bridgehead atoms. The van der Waals surface area contributed by atoms with Crippen LogP contribution in [-0.2, 0) is 86.2 Å². The Balaban J connectivity index is 1.05. The van der Waals surface area contributed by atoms with Crippen LogP contribution in [0.25, 0.3) is 43.1 Å². The Bertz CT molecular complexity index is 5380. The highest BCUT2D eigenvalue weighted by Gasteiger charge is 2.48. The Hall–Kier alpha value is -14.0. The number of amides is 6. The lowest BCUT2D eigenvalue weighted by atomic mass is 9.80. The maximum atomic E-state index is 16.8. The third-order valence-corrected chi connectivity index (χ3v) is 22.5. The van der Waals surface area contributed by atoms with Crippen LogP contribution in [0.1, 0.15) is 141 Å². The largest absolute Gasteiger partial charge is 0.462 e. The molecule has 0 radical (unpaired) electrons. The van der Waals surface area contributed by atoms with Crippen molar-refractivity contribution in [3.63, 3.8) is 0 Å². The summed E-state index contributed by atoms with van der Waals surface area (Å²) in [7, 11) is 0. The van der Waals surface area contributed by atoms with Crippen molar-refractivity contribution in [2.45, 2.75) is 117 Å². The zero-order valence-corrected chi connectivity index (χ0v) is 68.6.